The molecule has 0 atom stereocenters. The van der Waals surface area contributed by atoms with Crippen LogP contribution in [-0.2, 0) is 14.3 Å². The van der Waals surface area contributed by atoms with Crippen molar-refractivity contribution < 1.29 is 18.7 Å². The quantitative estimate of drug-likeness (QED) is 0.478. The largest absolute Gasteiger partial charge is 0.452 e. The molecule has 1 aliphatic rings. The summed E-state index contributed by atoms with van der Waals surface area (Å²) in [7, 11) is 0. The summed E-state index contributed by atoms with van der Waals surface area (Å²) in [6.07, 6.45) is 7.08. The molecular weight excluding hydrogens is 373 g/mol. The first-order valence-electron chi connectivity index (χ1n) is 6.53. The van der Waals surface area contributed by atoms with Crippen LogP contribution in [-0.4, -0.2) is 24.5 Å². The number of hydrogen-bond acceptors (Lipinski definition) is 4. The zero-order valence-corrected chi connectivity index (χ0v) is 13.1. The Hall–Kier alpha value is -1.31. The number of nitrogens with one attached hydrogen (secondary N) is 1. The van der Waals surface area contributed by atoms with Crippen LogP contribution in [0.4, 0.5) is 0 Å². The highest BCUT2D eigenvalue weighted by Crippen LogP contribution is 2.17. The van der Waals surface area contributed by atoms with Crippen molar-refractivity contribution >= 4 is 40.5 Å². The van der Waals surface area contributed by atoms with Crippen LogP contribution >= 0.6 is 22.6 Å². The van der Waals surface area contributed by atoms with E-state index in [4.69, 9.17) is 9.15 Å². The topological polar surface area (TPSA) is 68.5 Å². The van der Waals surface area contributed by atoms with Crippen LogP contribution in [0, 0.1) is 3.77 Å². The van der Waals surface area contributed by atoms with Crippen LogP contribution in [0.5, 0.6) is 0 Å². The van der Waals surface area contributed by atoms with E-state index in [0.717, 1.165) is 29.5 Å². The molecule has 1 fully saturated rings. The number of carbonyl (C=O) groups is 2. The summed E-state index contributed by atoms with van der Waals surface area (Å²) in [6, 6.07) is 3.78. The fraction of sp³-hybridized carbons (Fsp3) is 0.429. The van der Waals surface area contributed by atoms with Gasteiger partial charge in [-0.05, 0) is 53.6 Å². The molecular formula is C14H16INO4. The van der Waals surface area contributed by atoms with Gasteiger partial charge in [-0.25, -0.2) is 4.79 Å². The molecule has 0 saturated heterocycles. The molecule has 108 valence electrons. The lowest BCUT2D eigenvalue weighted by Crippen LogP contribution is -2.35. The normalized spacial score (nSPS) is 15.7. The molecule has 1 aliphatic carbocycles. The van der Waals surface area contributed by atoms with Crippen LogP contribution in [0.1, 0.15) is 31.4 Å². The maximum Gasteiger partial charge on any atom is 0.331 e. The molecule has 1 N–H and O–H groups in total. The Kier molecular flexibility index (Phi) is 5.63. The first-order chi connectivity index (χ1) is 9.63. The summed E-state index contributed by atoms with van der Waals surface area (Å²) in [4.78, 5) is 23.0. The van der Waals surface area contributed by atoms with Gasteiger partial charge in [0.25, 0.3) is 5.91 Å². The maximum absolute atomic E-state index is 11.5. The SMILES string of the molecule is O=C(COC(=O)/C=C/c1ccc(I)o1)NC1CCCC1. The van der Waals surface area contributed by atoms with Crippen LogP contribution in [0.2, 0.25) is 0 Å². The zero-order chi connectivity index (χ0) is 14.4. The molecule has 1 aromatic rings. The monoisotopic (exact) mass is 389 g/mol. The summed E-state index contributed by atoms with van der Waals surface area (Å²) in [5.74, 6) is -0.231. The minimum Gasteiger partial charge on any atom is -0.452 e. The van der Waals surface area contributed by atoms with Gasteiger partial charge < -0.3 is 14.5 Å². The molecule has 1 saturated carbocycles. The summed E-state index contributed by atoms with van der Waals surface area (Å²) < 4.78 is 10.9. The van der Waals surface area contributed by atoms with Crippen LogP contribution < -0.4 is 5.32 Å². The highest BCUT2D eigenvalue weighted by atomic mass is 127. The highest BCUT2D eigenvalue weighted by Gasteiger charge is 2.17. The summed E-state index contributed by atoms with van der Waals surface area (Å²) >= 11 is 2.04. The molecule has 5 nitrogen and oxygen atoms in total. The predicted octanol–water partition coefficient (Wildman–Crippen LogP) is 2.50. The molecule has 1 aromatic heterocycles. The zero-order valence-electron chi connectivity index (χ0n) is 10.9. The van der Waals surface area contributed by atoms with Gasteiger partial charge in [0, 0.05) is 12.1 Å². The molecule has 1 amide bonds. The molecule has 0 unspecified atom stereocenters. The van der Waals surface area contributed by atoms with Crippen molar-refractivity contribution in [1.29, 1.82) is 0 Å². The van der Waals surface area contributed by atoms with Crippen molar-refractivity contribution in [3.8, 4) is 0 Å². The number of rotatable bonds is 5. The first kappa shape index (κ1) is 15.1. The van der Waals surface area contributed by atoms with Gasteiger partial charge in [0.1, 0.15) is 5.76 Å². The van der Waals surface area contributed by atoms with Crippen LogP contribution in [0.15, 0.2) is 22.6 Å². The third-order valence-corrected chi connectivity index (χ3v) is 3.62. The minimum atomic E-state index is -0.557. The number of furan rings is 1. The van der Waals surface area contributed by atoms with Gasteiger partial charge in [-0.15, -0.1) is 0 Å². The number of ether oxygens (including phenoxy) is 1. The lowest BCUT2D eigenvalue weighted by atomic mass is 10.2. The standard InChI is InChI=1S/C14H16INO4/c15-12-7-5-11(20-12)6-8-14(18)19-9-13(17)16-10-3-1-2-4-10/h5-8,10H,1-4,9H2,(H,16,17)/b8-6+. The van der Waals surface area contributed by atoms with E-state index >= 15 is 0 Å². The second-order valence-electron chi connectivity index (χ2n) is 4.63. The molecule has 1 heterocycles. The fourth-order valence-corrected chi connectivity index (χ4v) is 2.53. The third-order valence-electron chi connectivity index (χ3n) is 3.04. The van der Waals surface area contributed by atoms with Gasteiger partial charge >= 0.3 is 5.97 Å². The van der Waals surface area contributed by atoms with E-state index in [-0.39, 0.29) is 18.6 Å². The first-order valence-corrected chi connectivity index (χ1v) is 7.61. The van der Waals surface area contributed by atoms with E-state index < -0.39 is 5.97 Å². The van der Waals surface area contributed by atoms with E-state index in [2.05, 4.69) is 5.32 Å². The van der Waals surface area contributed by atoms with E-state index in [9.17, 15) is 9.59 Å². The Morgan fingerprint density at radius 2 is 2.15 bits per heavy atom. The molecule has 6 heteroatoms. The van der Waals surface area contributed by atoms with Gasteiger partial charge in [-0.1, -0.05) is 12.8 Å². The Labute approximate surface area is 130 Å². The molecule has 20 heavy (non-hydrogen) atoms. The number of hydrogen-bond donors (Lipinski definition) is 1. The Morgan fingerprint density at radius 3 is 2.80 bits per heavy atom. The average molecular weight is 389 g/mol. The van der Waals surface area contributed by atoms with Crippen molar-refractivity contribution in [2.24, 2.45) is 0 Å². The lowest BCUT2D eigenvalue weighted by Gasteiger charge is -2.11. The van der Waals surface area contributed by atoms with E-state index in [1.54, 1.807) is 12.1 Å². The van der Waals surface area contributed by atoms with Gasteiger partial charge in [0.2, 0.25) is 0 Å². The highest BCUT2D eigenvalue weighted by molar-refractivity contribution is 14.1. The van der Waals surface area contributed by atoms with E-state index in [1.807, 2.05) is 22.6 Å². The molecule has 0 aliphatic heterocycles. The smallest absolute Gasteiger partial charge is 0.331 e. The average Bonchev–Trinajstić information content (AvgIpc) is 3.05. The Bertz CT molecular complexity index is 503. The van der Waals surface area contributed by atoms with Crippen LogP contribution in [0.3, 0.4) is 0 Å². The van der Waals surface area contributed by atoms with Crippen molar-refractivity contribution in [3.63, 3.8) is 0 Å². The number of esters is 1. The molecule has 0 spiro atoms. The van der Waals surface area contributed by atoms with Crippen molar-refractivity contribution in [3.05, 3.63) is 27.7 Å². The molecule has 0 bridgehead atoms. The van der Waals surface area contributed by atoms with Gasteiger partial charge in [0.15, 0.2) is 10.4 Å². The Morgan fingerprint density at radius 1 is 1.40 bits per heavy atom. The predicted molar refractivity (Wildman–Crippen MR) is 81.8 cm³/mol. The van der Waals surface area contributed by atoms with Gasteiger partial charge in [-0.2, -0.15) is 0 Å². The second-order valence-corrected chi connectivity index (χ2v) is 5.70. The van der Waals surface area contributed by atoms with Crippen molar-refractivity contribution in [1.82, 2.24) is 5.32 Å². The third kappa shape index (κ3) is 4.99. The summed E-state index contributed by atoms with van der Waals surface area (Å²) in [5, 5.41) is 2.85. The Balaban J connectivity index is 1.69. The molecule has 2 rings (SSSR count). The second kappa shape index (κ2) is 7.47. The number of amides is 1. The lowest BCUT2D eigenvalue weighted by molar-refractivity contribution is -0.144. The number of carbonyl (C=O) groups excluding carboxylic acids is 2. The summed E-state index contributed by atoms with van der Waals surface area (Å²) in [5.41, 5.74) is 0. The van der Waals surface area contributed by atoms with Gasteiger partial charge in [0.05, 0.1) is 0 Å². The van der Waals surface area contributed by atoms with E-state index in [0.29, 0.717) is 5.76 Å². The van der Waals surface area contributed by atoms with Crippen LogP contribution in [0.25, 0.3) is 6.08 Å². The maximum atomic E-state index is 11.5. The summed E-state index contributed by atoms with van der Waals surface area (Å²) in [6.45, 7) is -0.241. The minimum absolute atomic E-state index is 0.238. The van der Waals surface area contributed by atoms with Gasteiger partial charge in [-0.3, -0.25) is 4.79 Å². The van der Waals surface area contributed by atoms with Crippen molar-refractivity contribution in [2.45, 2.75) is 31.7 Å². The van der Waals surface area contributed by atoms with E-state index in [1.165, 1.54) is 12.2 Å². The molecule has 0 aromatic carbocycles. The van der Waals surface area contributed by atoms with Crippen molar-refractivity contribution in [2.75, 3.05) is 6.61 Å². The molecule has 0 radical (unpaired) electrons. The fourth-order valence-electron chi connectivity index (χ4n) is 2.09. The number of halogens is 1.